The zero-order chi connectivity index (χ0) is 19.6. The van der Waals surface area contributed by atoms with Crippen molar-refractivity contribution in [2.75, 3.05) is 25.6 Å². The third-order valence-corrected chi connectivity index (χ3v) is 4.18. The van der Waals surface area contributed by atoms with Crippen LogP contribution in [0.5, 0.6) is 11.5 Å². The molecular weight excluding hydrogens is 361 g/mol. The first-order valence-corrected chi connectivity index (χ1v) is 8.38. The van der Waals surface area contributed by atoms with Crippen molar-refractivity contribution in [3.05, 3.63) is 53.6 Å². The maximum atomic E-state index is 13.2. The van der Waals surface area contributed by atoms with E-state index in [0.29, 0.717) is 23.6 Å². The number of rotatable bonds is 5. The lowest BCUT2D eigenvalue weighted by atomic mass is 10.0. The van der Waals surface area contributed by atoms with Crippen LogP contribution in [-0.4, -0.2) is 37.2 Å². The molecule has 27 heavy (non-hydrogen) atoms. The Hall–Kier alpha value is -2.90. The number of hydrogen-bond acceptors (Lipinski definition) is 4. The summed E-state index contributed by atoms with van der Waals surface area (Å²) in [7, 11) is 1.41. The molecule has 0 aliphatic carbocycles. The molecule has 8 heteroatoms. The molecular formula is C19H19F3N2O3. The van der Waals surface area contributed by atoms with E-state index in [1.165, 1.54) is 13.2 Å². The van der Waals surface area contributed by atoms with Crippen LogP contribution in [0.3, 0.4) is 0 Å². The summed E-state index contributed by atoms with van der Waals surface area (Å²) in [4.78, 5) is 13.6. The Morgan fingerprint density at radius 2 is 1.89 bits per heavy atom. The van der Waals surface area contributed by atoms with Gasteiger partial charge in [0.05, 0.1) is 19.3 Å². The molecule has 1 N–H and O–H groups in total. The van der Waals surface area contributed by atoms with Crippen LogP contribution in [-0.2, 0) is 0 Å². The third-order valence-electron chi connectivity index (χ3n) is 4.18. The molecule has 0 bridgehead atoms. The van der Waals surface area contributed by atoms with Crippen LogP contribution in [0.4, 0.5) is 18.9 Å². The molecule has 0 fully saturated rings. The first kappa shape index (κ1) is 18.9. The smallest absolute Gasteiger partial charge is 0.406 e. The van der Waals surface area contributed by atoms with E-state index in [9.17, 15) is 18.0 Å². The van der Waals surface area contributed by atoms with Crippen LogP contribution in [0.2, 0.25) is 0 Å². The molecule has 2 aromatic carbocycles. The predicted molar refractivity (Wildman–Crippen MR) is 94.1 cm³/mol. The topological polar surface area (TPSA) is 50.8 Å². The average molecular weight is 380 g/mol. The van der Waals surface area contributed by atoms with Crippen LogP contribution in [0.1, 0.15) is 29.0 Å². The summed E-state index contributed by atoms with van der Waals surface area (Å²) in [5.74, 6) is -0.00990. The van der Waals surface area contributed by atoms with E-state index in [1.807, 2.05) is 0 Å². The van der Waals surface area contributed by atoms with Crippen LogP contribution >= 0.6 is 0 Å². The van der Waals surface area contributed by atoms with E-state index in [1.54, 1.807) is 43.3 Å². The van der Waals surface area contributed by atoms with Gasteiger partial charge in [-0.2, -0.15) is 13.2 Å². The van der Waals surface area contributed by atoms with E-state index in [4.69, 9.17) is 9.47 Å². The zero-order valence-electron chi connectivity index (χ0n) is 14.8. The summed E-state index contributed by atoms with van der Waals surface area (Å²) >= 11 is 0. The maximum Gasteiger partial charge on any atom is 0.406 e. The highest BCUT2D eigenvalue weighted by molar-refractivity contribution is 6.01. The highest BCUT2D eigenvalue weighted by Gasteiger charge is 2.41. The van der Waals surface area contributed by atoms with Crippen LogP contribution < -0.4 is 14.8 Å². The number of carbonyl (C=O) groups excluding carboxylic acids is 1. The number of hydrogen-bond donors (Lipinski definition) is 1. The molecule has 2 aromatic rings. The van der Waals surface area contributed by atoms with Crippen molar-refractivity contribution >= 4 is 11.6 Å². The maximum absolute atomic E-state index is 13.2. The number of carbonyl (C=O) groups is 1. The quantitative estimate of drug-likeness (QED) is 0.844. The largest absolute Gasteiger partial charge is 0.492 e. The van der Waals surface area contributed by atoms with E-state index in [0.717, 1.165) is 4.90 Å². The minimum absolute atomic E-state index is 0.193. The molecule has 1 aliphatic rings. The molecule has 1 amide bonds. The lowest BCUT2D eigenvalue weighted by Gasteiger charge is -2.39. The lowest BCUT2D eigenvalue weighted by Crippen LogP contribution is -2.47. The fourth-order valence-corrected chi connectivity index (χ4v) is 3.13. The molecule has 1 heterocycles. The van der Waals surface area contributed by atoms with Gasteiger partial charge in [0.2, 0.25) is 0 Å². The van der Waals surface area contributed by atoms with Gasteiger partial charge in [-0.3, -0.25) is 4.79 Å². The number of benzene rings is 2. The summed E-state index contributed by atoms with van der Waals surface area (Å²) in [5.41, 5.74) is 1.04. The van der Waals surface area contributed by atoms with Gasteiger partial charge < -0.3 is 19.7 Å². The Morgan fingerprint density at radius 3 is 2.56 bits per heavy atom. The average Bonchev–Trinajstić information content (AvgIpc) is 2.63. The van der Waals surface area contributed by atoms with Gasteiger partial charge >= 0.3 is 6.18 Å². The summed E-state index contributed by atoms with van der Waals surface area (Å²) in [6.45, 7) is 0.770. The Kier molecular flexibility index (Phi) is 5.16. The molecule has 0 radical (unpaired) electrons. The Balaban J connectivity index is 2.11. The van der Waals surface area contributed by atoms with E-state index in [-0.39, 0.29) is 11.3 Å². The van der Waals surface area contributed by atoms with Crippen molar-refractivity contribution in [2.24, 2.45) is 0 Å². The Morgan fingerprint density at radius 1 is 1.15 bits per heavy atom. The molecule has 144 valence electrons. The predicted octanol–water partition coefficient (Wildman–Crippen LogP) is 4.22. The van der Waals surface area contributed by atoms with Crippen molar-refractivity contribution in [1.82, 2.24) is 4.90 Å². The van der Waals surface area contributed by atoms with Gasteiger partial charge in [-0.1, -0.05) is 24.3 Å². The first-order valence-electron chi connectivity index (χ1n) is 8.38. The highest BCUT2D eigenvalue weighted by atomic mass is 19.4. The number of ether oxygens (including phenoxy) is 2. The second-order valence-electron chi connectivity index (χ2n) is 5.95. The van der Waals surface area contributed by atoms with Gasteiger partial charge in [0.15, 0.2) is 11.5 Å². The van der Waals surface area contributed by atoms with Gasteiger partial charge in [-0.15, -0.1) is 0 Å². The number of nitrogens with one attached hydrogen (secondary N) is 1. The minimum atomic E-state index is -4.55. The number of methoxy groups -OCH3 is 1. The fraction of sp³-hybridized carbons (Fsp3) is 0.316. The number of fused-ring (bicyclic) bond motifs is 1. The van der Waals surface area contributed by atoms with Crippen LogP contribution in [0, 0.1) is 0 Å². The molecule has 0 saturated carbocycles. The molecule has 0 saturated heterocycles. The SMILES string of the molecule is CCOc1cccc([C@@H]2Nc3ccccc3C(=O)N2CC(F)(F)F)c1OC. The molecule has 3 rings (SSSR count). The summed E-state index contributed by atoms with van der Waals surface area (Å²) in [6, 6.07) is 11.4. The van der Waals surface area contributed by atoms with Crippen molar-refractivity contribution in [3.63, 3.8) is 0 Å². The first-order chi connectivity index (χ1) is 12.9. The fourth-order valence-electron chi connectivity index (χ4n) is 3.13. The van der Waals surface area contributed by atoms with Crippen molar-refractivity contribution < 1.29 is 27.4 Å². The van der Waals surface area contributed by atoms with Crippen LogP contribution in [0.15, 0.2) is 42.5 Å². The van der Waals surface area contributed by atoms with E-state index < -0.39 is 24.8 Å². The zero-order valence-corrected chi connectivity index (χ0v) is 14.8. The number of anilines is 1. The molecule has 0 spiro atoms. The van der Waals surface area contributed by atoms with Gasteiger partial charge in [0, 0.05) is 11.3 Å². The lowest BCUT2D eigenvalue weighted by molar-refractivity contribution is -0.144. The monoisotopic (exact) mass is 380 g/mol. The summed E-state index contributed by atoms with van der Waals surface area (Å²) in [5, 5.41) is 3.03. The van der Waals surface area contributed by atoms with Gasteiger partial charge in [-0.25, -0.2) is 0 Å². The second-order valence-corrected chi connectivity index (χ2v) is 5.95. The minimum Gasteiger partial charge on any atom is -0.492 e. The van der Waals surface area contributed by atoms with Crippen molar-refractivity contribution in [3.8, 4) is 11.5 Å². The number of para-hydroxylation sites is 2. The van der Waals surface area contributed by atoms with Gasteiger partial charge in [0.25, 0.3) is 5.91 Å². The van der Waals surface area contributed by atoms with Crippen molar-refractivity contribution in [2.45, 2.75) is 19.3 Å². The standard InChI is InChI=1S/C19H19F3N2O3/c1-3-27-15-10-6-8-13(16(15)26-2)17-23-14-9-5-4-7-12(14)18(25)24(17)11-19(20,21)22/h4-10,17,23H,3,11H2,1-2H3/t17-/m1/s1. The van der Waals surface area contributed by atoms with Crippen LogP contribution in [0.25, 0.3) is 0 Å². The Bertz CT molecular complexity index is 839. The summed E-state index contributed by atoms with van der Waals surface area (Å²) in [6.07, 6.45) is -5.60. The molecule has 0 aromatic heterocycles. The number of alkyl halides is 3. The van der Waals surface area contributed by atoms with Crippen molar-refractivity contribution in [1.29, 1.82) is 0 Å². The summed E-state index contributed by atoms with van der Waals surface area (Å²) < 4.78 is 50.5. The third kappa shape index (κ3) is 3.79. The molecule has 1 atom stereocenters. The molecule has 0 unspecified atom stereocenters. The molecule has 1 aliphatic heterocycles. The molecule has 5 nitrogen and oxygen atoms in total. The van der Waals surface area contributed by atoms with Gasteiger partial charge in [-0.05, 0) is 25.1 Å². The van der Waals surface area contributed by atoms with E-state index in [2.05, 4.69) is 5.32 Å². The van der Waals surface area contributed by atoms with E-state index >= 15 is 0 Å². The number of nitrogens with zero attached hydrogens (tertiary/aromatic N) is 1. The number of amides is 1. The Labute approximate surface area is 154 Å². The highest BCUT2D eigenvalue weighted by Crippen LogP contribution is 2.41. The number of halogens is 3. The normalized spacial score (nSPS) is 16.6. The second kappa shape index (κ2) is 7.38. The van der Waals surface area contributed by atoms with Gasteiger partial charge in [0.1, 0.15) is 12.7 Å².